The minimum atomic E-state index is 0.201. The first-order valence-electron chi connectivity index (χ1n) is 12.0. The van der Waals surface area contributed by atoms with Crippen LogP contribution in [-0.2, 0) is 0 Å². The summed E-state index contributed by atoms with van der Waals surface area (Å²) in [6.45, 7) is 5.29. The van der Waals surface area contributed by atoms with Crippen LogP contribution in [0.25, 0.3) is 10.6 Å². The number of aromatic nitrogens is 1. The number of amides is 1. The van der Waals surface area contributed by atoms with E-state index >= 15 is 0 Å². The fourth-order valence-corrected chi connectivity index (χ4v) is 7.66. The minimum absolute atomic E-state index is 0.201. The first kappa shape index (κ1) is 19.7. The van der Waals surface area contributed by atoms with Crippen molar-refractivity contribution in [2.24, 2.45) is 11.8 Å². The zero-order valence-corrected chi connectivity index (χ0v) is 19.1. The van der Waals surface area contributed by atoms with E-state index in [-0.39, 0.29) is 5.91 Å². The monoisotopic (exact) mass is 433 g/mol. The molecule has 3 fully saturated rings. The van der Waals surface area contributed by atoms with E-state index in [1.165, 1.54) is 45.2 Å². The van der Waals surface area contributed by atoms with Crippen LogP contribution in [0.3, 0.4) is 0 Å². The van der Waals surface area contributed by atoms with E-state index in [0.29, 0.717) is 17.9 Å². The zero-order valence-electron chi connectivity index (χ0n) is 18.3. The molecule has 0 spiro atoms. The maximum Gasteiger partial charge on any atom is 0.266 e. The molecule has 1 aromatic heterocycles. The second kappa shape index (κ2) is 7.86. The van der Waals surface area contributed by atoms with Crippen molar-refractivity contribution in [2.75, 3.05) is 19.6 Å². The summed E-state index contributed by atoms with van der Waals surface area (Å²) in [5, 5.41) is 0.951. The van der Waals surface area contributed by atoms with Gasteiger partial charge in [-0.05, 0) is 57.4 Å². The third-order valence-corrected chi connectivity index (χ3v) is 9.12. The Bertz CT molecular complexity index is 1010. The number of nitrogens with zero attached hydrogens (tertiary/aromatic N) is 3. The molecule has 162 valence electrons. The number of aryl methyl sites for hydroxylation is 1. The molecule has 3 aliphatic heterocycles. The molecule has 2 bridgehead atoms. The van der Waals surface area contributed by atoms with E-state index in [1.807, 2.05) is 25.1 Å². The normalized spacial score (nSPS) is 30.4. The highest BCUT2D eigenvalue weighted by atomic mass is 32.1. The van der Waals surface area contributed by atoms with Crippen molar-refractivity contribution in [1.82, 2.24) is 14.8 Å². The molecule has 1 aromatic carbocycles. The quantitative estimate of drug-likeness (QED) is 0.614. The van der Waals surface area contributed by atoms with Crippen LogP contribution in [0.4, 0.5) is 0 Å². The van der Waals surface area contributed by atoms with Gasteiger partial charge in [-0.25, -0.2) is 4.98 Å². The lowest BCUT2D eigenvalue weighted by atomic mass is 9.68. The SMILES string of the molecule is Cc1nc(-c2ccccc2)sc1C(=O)N1CCCC2=C[C@H]3C[C@H](CN4CCCC[C@H]34)[C@H]21. The van der Waals surface area contributed by atoms with Crippen molar-refractivity contribution >= 4 is 17.2 Å². The number of benzene rings is 1. The first-order valence-corrected chi connectivity index (χ1v) is 12.8. The van der Waals surface area contributed by atoms with E-state index in [1.54, 1.807) is 16.9 Å². The van der Waals surface area contributed by atoms with Crippen LogP contribution < -0.4 is 0 Å². The van der Waals surface area contributed by atoms with E-state index < -0.39 is 0 Å². The van der Waals surface area contributed by atoms with Gasteiger partial charge in [0.15, 0.2) is 0 Å². The fourth-order valence-electron chi connectivity index (χ4n) is 6.63. The van der Waals surface area contributed by atoms with E-state index in [4.69, 9.17) is 4.98 Å². The Balaban J connectivity index is 1.31. The molecule has 3 saturated heterocycles. The molecule has 0 radical (unpaired) electrons. The molecule has 31 heavy (non-hydrogen) atoms. The van der Waals surface area contributed by atoms with E-state index in [0.717, 1.165) is 40.1 Å². The van der Waals surface area contributed by atoms with Gasteiger partial charge in [0.2, 0.25) is 0 Å². The first-order chi connectivity index (χ1) is 15.2. The number of carbonyl (C=O) groups excluding carboxylic acids is 1. The van der Waals surface area contributed by atoms with Gasteiger partial charge in [-0.3, -0.25) is 9.69 Å². The van der Waals surface area contributed by atoms with Crippen molar-refractivity contribution < 1.29 is 4.79 Å². The Hall–Kier alpha value is -1.98. The van der Waals surface area contributed by atoms with Crippen molar-refractivity contribution in [3.8, 4) is 10.6 Å². The third-order valence-electron chi connectivity index (χ3n) is 7.93. The molecule has 1 aliphatic carbocycles. The lowest BCUT2D eigenvalue weighted by molar-refractivity contribution is 0.00159. The largest absolute Gasteiger partial charge is 0.331 e. The predicted molar refractivity (Wildman–Crippen MR) is 125 cm³/mol. The Morgan fingerprint density at radius 1 is 1.13 bits per heavy atom. The highest BCUT2D eigenvalue weighted by Crippen LogP contribution is 2.45. The number of carbonyl (C=O) groups is 1. The lowest BCUT2D eigenvalue weighted by Gasteiger charge is -2.54. The maximum absolute atomic E-state index is 13.8. The van der Waals surface area contributed by atoms with Crippen LogP contribution in [0.1, 0.15) is 53.9 Å². The molecule has 2 aromatic rings. The Kier molecular flexibility index (Phi) is 4.99. The smallest absolute Gasteiger partial charge is 0.266 e. The highest BCUT2D eigenvalue weighted by molar-refractivity contribution is 7.17. The minimum Gasteiger partial charge on any atom is -0.331 e. The average molecular weight is 434 g/mol. The summed E-state index contributed by atoms with van der Waals surface area (Å²) in [6.07, 6.45) is 10.2. The number of rotatable bonds is 2. The predicted octanol–water partition coefficient (Wildman–Crippen LogP) is 5.15. The number of hydrogen-bond donors (Lipinski definition) is 0. The maximum atomic E-state index is 13.8. The molecular weight excluding hydrogens is 402 g/mol. The van der Waals surface area contributed by atoms with Gasteiger partial charge in [0, 0.05) is 24.7 Å². The van der Waals surface area contributed by atoms with Crippen molar-refractivity contribution in [3.05, 3.63) is 52.6 Å². The van der Waals surface area contributed by atoms with Gasteiger partial charge in [0.25, 0.3) is 5.91 Å². The fraction of sp³-hybridized carbons (Fsp3) is 0.538. The summed E-state index contributed by atoms with van der Waals surface area (Å²) in [5.41, 5.74) is 3.52. The molecule has 0 saturated carbocycles. The second-order valence-electron chi connectivity index (χ2n) is 9.81. The van der Waals surface area contributed by atoms with Crippen LogP contribution in [0.15, 0.2) is 42.0 Å². The number of fused-ring (bicyclic) bond motifs is 6. The zero-order chi connectivity index (χ0) is 20.9. The summed E-state index contributed by atoms with van der Waals surface area (Å²) in [4.78, 5) is 24.4. The molecule has 1 amide bonds. The van der Waals surface area contributed by atoms with E-state index in [2.05, 4.69) is 28.0 Å². The van der Waals surface area contributed by atoms with Gasteiger partial charge < -0.3 is 4.90 Å². The topological polar surface area (TPSA) is 36.4 Å². The summed E-state index contributed by atoms with van der Waals surface area (Å²) in [7, 11) is 0. The van der Waals surface area contributed by atoms with Crippen molar-refractivity contribution in [3.63, 3.8) is 0 Å². The van der Waals surface area contributed by atoms with Gasteiger partial charge in [0.1, 0.15) is 9.88 Å². The summed E-state index contributed by atoms with van der Waals surface area (Å²) < 4.78 is 0. The van der Waals surface area contributed by atoms with Crippen LogP contribution in [-0.4, -0.2) is 52.4 Å². The van der Waals surface area contributed by atoms with Crippen molar-refractivity contribution in [1.29, 1.82) is 0 Å². The van der Waals surface area contributed by atoms with E-state index in [9.17, 15) is 4.79 Å². The molecule has 0 N–H and O–H groups in total. The summed E-state index contributed by atoms with van der Waals surface area (Å²) in [6, 6.07) is 11.3. The summed E-state index contributed by atoms with van der Waals surface area (Å²) >= 11 is 1.56. The van der Waals surface area contributed by atoms with Crippen LogP contribution >= 0.6 is 11.3 Å². The number of likely N-dealkylation sites (tertiary alicyclic amines) is 1. The number of thiazole rings is 1. The Labute approximate surface area is 189 Å². The molecule has 4 aliphatic rings. The van der Waals surface area contributed by atoms with Crippen LogP contribution in [0.5, 0.6) is 0 Å². The molecule has 5 heteroatoms. The summed E-state index contributed by atoms with van der Waals surface area (Å²) in [5.74, 6) is 1.49. The molecule has 6 rings (SSSR count). The average Bonchev–Trinajstić information content (AvgIpc) is 3.20. The van der Waals surface area contributed by atoms with Gasteiger partial charge >= 0.3 is 0 Å². The molecule has 4 heterocycles. The van der Waals surface area contributed by atoms with Gasteiger partial charge in [-0.1, -0.05) is 48.4 Å². The molecule has 4 nitrogen and oxygen atoms in total. The van der Waals surface area contributed by atoms with Gasteiger partial charge in [-0.15, -0.1) is 11.3 Å². The highest BCUT2D eigenvalue weighted by Gasteiger charge is 2.47. The standard InChI is InChI=1S/C26H31N3OS/c1-17-24(31-25(27-17)18-8-3-2-4-9-18)26(30)29-13-7-10-19-14-20-15-21(23(19)29)16-28-12-6-5-11-22(20)28/h2-4,8-9,14,20-23H,5-7,10-13,15-16H2,1H3/t20-,21+,22+,23-/m0/s1. The second-order valence-corrected chi connectivity index (χ2v) is 10.8. The van der Waals surface area contributed by atoms with Gasteiger partial charge in [0.05, 0.1) is 11.7 Å². The molecule has 0 unspecified atom stereocenters. The molecule has 4 atom stereocenters. The van der Waals surface area contributed by atoms with Crippen LogP contribution in [0.2, 0.25) is 0 Å². The van der Waals surface area contributed by atoms with Crippen molar-refractivity contribution in [2.45, 2.75) is 57.5 Å². The number of hydrogen-bond acceptors (Lipinski definition) is 4. The number of piperidine rings is 3. The Morgan fingerprint density at radius 3 is 2.87 bits per heavy atom. The van der Waals surface area contributed by atoms with Gasteiger partial charge in [-0.2, -0.15) is 0 Å². The lowest BCUT2D eigenvalue weighted by Crippen LogP contribution is -2.60. The molecular formula is C26H31N3OS. The Morgan fingerprint density at radius 2 is 2.00 bits per heavy atom. The third kappa shape index (κ3) is 3.37. The van der Waals surface area contributed by atoms with Crippen LogP contribution in [0, 0.1) is 18.8 Å².